The average molecular weight is 714 g/mol. The minimum Gasteiger partial charge on any atom is -0.449 e. The van der Waals surface area contributed by atoms with Gasteiger partial charge in [-0.05, 0) is 58.1 Å². The van der Waals surface area contributed by atoms with E-state index in [4.69, 9.17) is 24.4 Å². The fourth-order valence-corrected chi connectivity index (χ4v) is 9.18. The van der Waals surface area contributed by atoms with Crippen LogP contribution in [0.5, 0.6) is 23.0 Å². The Morgan fingerprint density at radius 2 is 1.07 bits per heavy atom. The van der Waals surface area contributed by atoms with Gasteiger partial charge in [-0.2, -0.15) is 0 Å². The van der Waals surface area contributed by atoms with Crippen LogP contribution < -0.4 is 9.47 Å². The number of ether oxygens (including phenoxy) is 2. The maximum Gasteiger partial charge on any atom is 0.178 e. The minimum absolute atomic E-state index is 0.123. The van der Waals surface area contributed by atoms with Crippen molar-refractivity contribution in [3.8, 4) is 79.4 Å². The smallest absolute Gasteiger partial charge is 0.178 e. The molecule has 0 N–H and O–H groups in total. The number of thiophene rings is 1. The second-order valence-electron chi connectivity index (χ2n) is 14.4. The van der Waals surface area contributed by atoms with Gasteiger partial charge in [0.15, 0.2) is 40.5 Å². The van der Waals surface area contributed by atoms with Crippen LogP contribution in [0.1, 0.15) is 25.0 Å². The van der Waals surface area contributed by atoms with Crippen molar-refractivity contribution in [2.45, 2.75) is 19.3 Å². The lowest BCUT2D eigenvalue weighted by atomic mass is 9.82. The molecule has 5 nitrogen and oxygen atoms in total. The normalized spacial score (nSPS) is 13.4. The highest BCUT2D eigenvalue weighted by Gasteiger charge is 2.39. The molecule has 0 atom stereocenters. The third-order valence-electron chi connectivity index (χ3n) is 10.8. The molecule has 2 aliphatic rings. The minimum atomic E-state index is -0.123. The van der Waals surface area contributed by atoms with Crippen LogP contribution >= 0.6 is 11.3 Å². The summed E-state index contributed by atoms with van der Waals surface area (Å²) >= 11 is 1.79. The number of hydrogen-bond acceptors (Lipinski definition) is 6. The van der Waals surface area contributed by atoms with E-state index < -0.39 is 0 Å². The summed E-state index contributed by atoms with van der Waals surface area (Å²) in [5, 5.41) is 2.51. The first-order chi connectivity index (χ1) is 26.5. The van der Waals surface area contributed by atoms with Crippen LogP contribution in [-0.2, 0) is 5.41 Å². The van der Waals surface area contributed by atoms with Gasteiger partial charge in [-0.3, -0.25) is 0 Å². The van der Waals surface area contributed by atoms with Gasteiger partial charge in [0, 0.05) is 47.8 Å². The molecule has 0 bridgehead atoms. The van der Waals surface area contributed by atoms with Gasteiger partial charge in [-0.15, -0.1) is 11.3 Å². The number of nitrogens with zero attached hydrogens (tertiary/aromatic N) is 3. The zero-order valence-corrected chi connectivity index (χ0v) is 30.3. The van der Waals surface area contributed by atoms with Crippen LogP contribution in [0.25, 0.3) is 76.6 Å². The molecule has 0 amide bonds. The van der Waals surface area contributed by atoms with E-state index in [0.717, 1.165) is 44.9 Å². The highest BCUT2D eigenvalue weighted by Crippen LogP contribution is 2.58. The van der Waals surface area contributed by atoms with Crippen molar-refractivity contribution in [1.82, 2.24) is 15.0 Å². The molecule has 7 aromatic carbocycles. The Balaban J connectivity index is 0.949. The summed E-state index contributed by atoms with van der Waals surface area (Å²) in [6.45, 7) is 4.55. The number of fused-ring (bicyclic) bond motifs is 9. The quantitative estimate of drug-likeness (QED) is 0.182. The molecule has 256 valence electrons. The van der Waals surface area contributed by atoms with Gasteiger partial charge >= 0.3 is 0 Å². The van der Waals surface area contributed by atoms with Gasteiger partial charge in [0.25, 0.3) is 0 Å². The molecule has 0 saturated carbocycles. The Bertz CT molecular complexity index is 2970. The van der Waals surface area contributed by atoms with Crippen molar-refractivity contribution in [3.63, 3.8) is 0 Å². The molecule has 1 aliphatic heterocycles. The molecule has 2 aromatic heterocycles. The molecular formula is C48H31N3O2S. The van der Waals surface area contributed by atoms with Crippen molar-refractivity contribution in [2.75, 3.05) is 0 Å². The van der Waals surface area contributed by atoms with Crippen LogP contribution in [0, 0.1) is 0 Å². The summed E-state index contributed by atoms with van der Waals surface area (Å²) < 4.78 is 15.7. The third kappa shape index (κ3) is 4.80. The van der Waals surface area contributed by atoms with Crippen molar-refractivity contribution in [1.29, 1.82) is 0 Å². The number of hydrogen-bond donors (Lipinski definition) is 0. The second-order valence-corrected chi connectivity index (χ2v) is 15.5. The predicted molar refractivity (Wildman–Crippen MR) is 219 cm³/mol. The molecule has 1 aliphatic carbocycles. The van der Waals surface area contributed by atoms with Crippen molar-refractivity contribution in [3.05, 3.63) is 163 Å². The molecule has 54 heavy (non-hydrogen) atoms. The summed E-state index contributed by atoms with van der Waals surface area (Å²) in [6.07, 6.45) is 0. The molecule has 11 rings (SSSR count). The lowest BCUT2D eigenvalue weighted by molar-refractivity contribution is 0.360. The van der Waals surface area contributed by atoms with Crippen molar-refractivity contribution >= 4 is 31.5 Å². The highest BCUT2D eigenvalue weighted by molar-refractivity contribution is 7.25. The first-order valence-corrected chi connectivity index (χ1v) is 18.9. The predicted octanol–water partition coefficient (Wildman–Crippen LogP) is 13.1. The van der Waals surface area contributed by atoms with Gasteiger partial charge < -0.3 is 9.47 Å². The standard InChI is InChI=1S/C48H31N3O2S/c1-48(2)36-14-8-6-13-35(36)43-37(48)23-25-39-44(43)53-40-26-31(21-24-38(40)52-39)28-16-18-30(19-17-28)46-49-45(29-10-4-3-5-11-29)50-47(51-46)32-20-22-34-33-12-7-9-15-41(33)54-42(34)27-32/h3-27H,1-2H3. The molecule has 0 radical (unpaired) electrons. The molecule has 9 aromatic rings. The lowest BCUT2D eigenvalue weighted by Crippen LogP contribution is -2.15. The van der Waals surface area contributed by atoms with Gasteiger partial charge in [0.2, 0.25) is 0 Å². The Morgan fingerprint density at radius 3 is 1.91 bits per heavy atom. The summed E-state index contributed by atoms with van der Waals surface area (Å²) in [5.74, 6) is 4.82. The number of aromatic nitrogens is 3. The molecule has 0 fully saturated rings. The Hall–Kier alpha value is -6.63. The van der Waals surface area contributed by atoms with Crippen LogP contribution in [0.15, 0.2) is 152 Å². The van der Waals surface area contributed by atoms with E-state index in [-0.39, 0.29) is 5.41 Å². The Labute approximate surface area is 316 Å². The van der Waals surface area contributed by atoms with E-state index in [1.807, 2.05) is 42.5 Å². The molecule has 0 unspecified atom stereocenters. The van der Waals surface area contributed by atoms with Crippen LogP contribution in [0.3, 0.4) is 0 Å². The highest BCUT2D eigenvalue weighted by atomic mass is 32.1. The second kappa shape index (κ2) is 11.7. The lowest BCUT2D eigenvalue weighted by Gasteiger charge is -2.25. The maximum absolute atomic E-state index is 6.73. The van der Waals surface area contributed by atoms with Gasteiger partial charge in [-0.25, -0.2) is 15.0 Å². The molecule has 3 heterocycles. The van der Waals surface area contributed by atoms with Gasteiger partial charge in [-0.1, -0.05) is 135 Å². The van der Waals surface area contributed by atoms with E-state index >= 15 is 0 Å². The number of rotatable bonds is 4. The molecular weight excluding hydrogens is 683 g/mol. The maximum atomic E-state index is 6.73. The van der Waals surface area contributed by atoms with Crippen LogP contribution in [-0.4, -0.2) is 15.0 Å². The molecule has 0 spiro atoms. The van der Waals surface area contributed by atoms with Crippen LogP contribution in [0.2, 0.25) is 0 Å². The summed E-state index contributed by atoms with van der Waals surface area (Å²) in [7, 11) is 0. The SMILES string of the molecule is CC1(C)c2ccccc2-c2c1ccc1c2Oc2cc(-c3ccc(-c4nc(-c5ccccc5)nc(-c5ccc6c(c5)sc5ccccc56)n4)cc3)ccc2O1. The fraction of sp³-hybridized carbons (Fsp3) is 0.0625. The van der Waals surface area contributed by atoms with Crippen molar-refractivity contribution < 1.29 is 9.47 Å². The van der Waals surface area contributed by atoms with Crippen molar-refractivity contribution in [2.24, 2.45) is 0 Å². The Morgan fingerprint density at radius 1 is 0.444 bits per heavy atom. The topological polar surface area (TPSA) is 57.1 Å². The zero-order chi connectivity index (χ0) is 36.0. The number of benzene rings is 7. The fourth-order valence-electron chi connectivity index (χ4n) is 8.03. The van der Waals surface area contributed by atoms with E-state index in [9.17, 15) is 0 Å². The average Bonchev–Trinajstić information content (AvgIpc) is 3.71. The van der Waals surface area contributed by atoms with E-state index in [1.165, 1.54) is 36.9 Å². The summed E-state index contributed by atoms with van der Waals surface area (Å²) in [4.78, 5) is 15.0. The monoisotopic (exact) mass is 713 g/mol. The van der Waals surface area contributed by atoms with E-state index in [1.54, 1.807) is 11.3 Å². The third-order valence-corrected chi connectivity index (χ3v) is 12.0. The van der Waals surface area contributed by atoms with Gasteiger partial charge in [0.05, 0.1) is 0 Å². The van der Waals surface area contributed by atoms with Crippen LogP contribution in [0.4, 0.5) is 0 Å². The van der Waals surface area contributed by atoms with E-state index in [2.05, 4.69) is 123 Å². The first kappa shape index (κ1) is 30.9. The van der Waals surface area contributed by atoms with Gasteiger partial charge in [0.1, 0.15) is 0 Å². The first-order valence-electron chi connectivity index (χ1n) is 18.1. The largest absolute Gasteiger partial charge is 0.449 e. The molecule has 0 saturated heterocycles. The van der Waals surface area contributed by atoms with E-state index in [0.29, 0.717) is 29.0 Å². The summed E-state index contributed by atoms with van der Waals surface area (Å²) in [5.41, 5.74) is 9.63. The molecule has 6 heteroatoms. The Kier molecular flexibility index (Phi) is 6.70. The summed E-state index contributed by atoms with van der Waals surface area (Å²) in [6, 6.07) is 52.5. The zero-order valence-electron chi connectivity index (χ0n) is 29.5.